The van der Waals surface area contributed by atoms with Crippen molar-refractivity contribution in [2.45, 2.75) is 18.7 Å². The first-order valence-corrected chi connectivity index (χ1v) is 11.9. The predicted molar refractivity (Wildman–Crippen MR) is 109 cm³/mol. The van der Waals surface area contributed by atoms with E-state index in [1.54, 1.807) is 26.0 Å². The van der Waals surface area contributed by atoms with Gasteiger partial charge in [0.1, 0.15) is 0 Å². The smallest absolute Gasteiger partial charge is 0.255 e. The molecule has 0 aliphatic rings. The number of benzene rings is 2. The lowest BCUT2D eigenvalue weighted by molar-refractivity contribution is 0.102. The molecule has 0 aromatic heterocycles. The van der Waals surface area contributed by atoms with Crippen molar-refractivity contribution >= 4 is 37.3 Å². The highest BCUT2D eigenvalue weighted by Gasteiger charge is 2.21. The number of amides is 1. The third kappa shape index (κ3) is 5.54. The first kappa shape index (κ1) is 21.9. The Hall–Kier alpha value is -2.43. The summed E-state index contributed by atoms with van der Waals surface area (Å²) in [4.78, 5) is 12.5. The maximum absolute atomic E-state index is 12.5. The van der Waals surface area contributed by atoms with Gasteiger partial charge in [0.2, 0.25) is 20.0 Å². The van der Waals surface area contributed by atoms with Crippen molar-refractivity contribution < 1.29 is 21.6 Å². The average molecular weight is 426 g/mol. The SMILES string of the molecule is CCN(CC)S(=O)(=O)c1ccc(NC(=O)c2cccc(NS(C)(=O)=O)c2)cc1. The lowest BCUT2D eigenvalue weighted by Crippen LogP contribution is -2.30. The zero-order valence-corrected chi connectivity index (χ0v) is 17.5. The number of nitrogens with zero attached hydrogens (tertiary/aromatic N) is 1. The number of rotatable bonds is 8. The molecule has 0 aliphatic carbocycles. The highest BCUT2D eigenvalue weighted by molar-refractivity contribution is 7.92. The zero-order valence-electron chi connectivity index (χ0n) is 15.8. The number of carbonyl (C=O) groups is 1. The van der Waals surface area contributed by atoms with E-state index in [1.165, 1.54) is 40.7 Å². The fraction of sp³-hybridized carbons (Fsp3) is 0.278. The molecule has 152 valence electrons. The van der Waals surface area contributed by atoms with E-state index >= 15 is 0 Å². The molecule has 10 heteroatoms. The zero-order chi connectivity index (χ0) is 20.9. The Balaban J connectivity index is 2.16. The van der Waals surface area contributed by atoms with Gasteiger partial charge in [0.05, 0.1) is 11.2 Å². The molecule has 1 amide bonds. The van der Waals surface area contributed by atoms with E-state index in [4.69, 9.17) is 0 Å². The van der Waals surface area contributed by atoms with Gasteiger partial charge in [-0.3, -0.25) is 9.52 Å². The van der Waals surface area contributed by atoms with E-state index in [-0.39, 0.29) is 16.1 Å². The van der Waals surface area contributed by atoms with Gasteiger partial charge >= 0.3 is 0 Å². The number of hydrogen-bond acceptors (Lipinski definition) is 5. The number of carbonyl (C=O) groups excluding carboxylic acids is 1. The maximum Gasteiger partial charge on any atom is 0.255 e. The molecule has 2 aromatic rings. The average Bonchev–Trinajstić information content (AvgIpc) is 2.61. The van der Waals surface area contributed by atoms with Crippen LogP contribution >= 0.6 is 0 Å². The molecule has 8 nitrogen and oxygen atoms in total. The lowest BCUT2D eigenvalue weighted by Gasteiger charge is -2.18. The minimum absolute atomic E-state index is 0.147. The van der Waals surface area contributed by atoms with E-state index in [2.05, 4.69) is 10.0 Å². The summed E-state index contributed by atoms with van der Waals surface area (Å²) in [7, 11) is -7.02. The Morgan fingerprint density at radius 2 is 1.54 bits per heavy atom. The van der Waals surface area contributed by atoms with Crippen molar-refractivity contribution in [1.29, 1.82) is 0 Å². The van der Waals surface area contributed by atoms with Crippen LogP contribution in [-0.4, -0.2) is 46.4 Å². The van der Waals surface area contributed by atoms with Crippen molar-refractivity contribution in [3.63, 3.8) is 0 Å². The number of nitrogens with one attached hydrogen (secondary N) is 2. The standard InChI is InChI=1S/C18H23N3O5S2/c1-4-21(5-2)28(25,26)17-11-9-15(10-12-17)19-18(22)14-7-6-8-16(13-14)20-27(3,23)24/h6-13,20H,4-5H2,1-3H3,(H,19,22). The molecule has 0 bridgehead atoms. The third-order valence-corrected chi connectivity index (χ3v) is 6.55. The second-order valence-corrected chi connectivity index (χ2v) is 9.71. The van der Waals surface area contributed by atoms with Gasteiger partial charge in [-0.05, 0) is 42.5 Å². The van der Waals surface area contributed by atoms with Gasteiger partial charge in [0, 0.05) is 30.0 Å². The molecule has 0 fully saturated rings. The van der Waals surface area contributed by atoms with Crippen LogP contribution in [0.3, 0.4) is 0 Å². The molecule has 2 aromatic carbocycles. The molecule has 0 unspecified atom stereocenters. The van der Waals surface area contributed by atoms with Gasteiger partial charge in [0.15, 0.2) is 0 Å². The molecule has 0 spiro atoms. The molecule has 0 atom stereocenters. The van der Waals surface area contributed by atoms with Crippen LogP contribution in [0.2, 0.25) is 0 Å². The van der Waals surface area contributed by atoms with Crippen LogP contribution in [0.25, 0.3) is 0 Å². The summed E-state index contributed by atoms with van der Waals surface area (Å²) in [6, 6.07) is 11.9. The molecular formula is C18H23N3O5S2. The Kier molecular flexibility index (Phi) is 6.81. The first-order valence-electron chi connectivity index (χ1n) is 8.56. The second-order valence-electron chi connectivity index (χ2n) is 6.02. The minimum Gasteiger partial charge on any atom is -0.322 e. The topological polar surface area (TPSA) is 113 Å². The van der Waals surface area contributed by atoms with Crippen molar-refractivity contribution in [3.05, 3.63) is 54.1 Å². The van der Waals surface area contributed by atoms with Crippen LogP contribution in [0.15, 0.2) is 53.4 Å². The predicted octanol–water partition coefficient (Wildman–Crippen LogP) is 2.34. The van der Waals surface area contributed by atoms with Gasteiger partial charge in [-0.2, -0.15) is 4.31 Å². The molecule has 0 heterocycles. The van der Waals surface area contributed by atoms with E-state index in [9.17, 15) is 21.6 Å². The molecule has 28 heavy (non-hydrogen) atoms. The van der Waals surface area contributed by atoms with Crippen LogP contribution < -0.4 is 10.0 Å². The molecule has 2 rings (SSSR count). The van der Waals surface area contributed by atoms with Crippen LogP contribution in [0.5, 0.6) is 0 Å². The summed E-state index contributed by atoms with van der Waals surface area (Å²) < 4.78 is 51.2. The second kappa shape index (κ2) is 8.72. The van der Waals surface area contributed by atoms with E-state index in [0.717, 1.165) is 6.26 Å². The Morgan fingerprint density at radius 1 is 0.929 bits per heavy atom. The van der Waals surface area contributed by atoms with Gasteiger partial charge in [0.25, 0.3) is 5.91 Å². The van der Waals surface area contributed by atoms with Crippen molar-refractivity contribution in [1.82, 2.24) is 4.31 Å². The van der Waals surface area contributed by atoms with Crippen molar-refractivity contribution in [2.75, 3.05) is 29.4 Å². The van der Waals surface area contributed by atoms with Crippen LogP contribution in [0, 0.1) is 0 Å². The van der Waals surface area contributed by atoms with Crippen LogP contribution in [0.1, 0.15) is 24.2 Å². The van der Waals surface area contributed by atoms with E-state index in [0.29, 0.717) is 18.8 Å². The number of hydrogen-bond donors (Lipinski definition) is 2. The van der Waals surface area contributed by atoms with Crippen molar-refractivity contribution in [2.24, 2.45) is 0 Å². The highest BCUT2D eigenvalue weighted by Crippen LogP contribution is 2.19. The highest BCUT2D eigenvalue weighted by atomic mass is 32.2. The summed E-state index contributed by atoms with van der Waals surface area (Å²) in [6.45, 7) is 4.27. The number of sulfonamides is 2. The normalized spacial score (nSPS) is 12.0. The van der Waals surface area contributed by atoms with Gasteiger partial charge < -0.3 is 5.32 Å². The number of anilines is 2. The summed E-state index contributed by atoms with van der Waals surface area (Å²) >= 11 is 0. The fourth-order valence-electron chi connectivity index (χ4n) is 2.56. The Morgan fingerprint density at radius 3 is 2.07 bits per heavy atom. The summed E-state index contributed by atoms with van der Waals surface area (Å²) in [5, 5.41) is 2.66. The maximum atomic E-state index is 12.5. The van der Waals surface area contributed by atoms with Crippen LogP contribution in [-0.2, 0) is 20.0 Å². The van der Waals surface area contributed by atoms with Gasteiger partial charge in [-0.25, -0.2) is 16.8 Å². The quantitative estimate of drug-likeness (QED) is 0.674. The lowest BCUT2D eigenvalue weighted by atomic mass is 10.2. The van der Waals surface area contributed by atoms with Crippen molar-refractivity contribution in [3.8, 4) is 0 Å². The van der Waals surface area contributed by atoms with Gasteiger partial charge in [-0.15, -0.1) is 0 Å². The molecule has 2 N–H and O–H groups in total. The molecule has 0 saturated heterocycles. The summed E-state index contributed by atoms with van der Waals surface area (Å²) in [6.07, 6.45) is 1.02. The molecule has 0 aliphatic heterocycles. The largest absolute Gasteiger partial charge is 0.322 e. The molecule has 0 saturated carbocycles. The first-order chi connectivity index (χ1) is 13.1. The molecule has 0 radical (unpaired) electrons. The Labute approximate surface area is 165 Å². The summed E-state index contributed by atoms with van der Waals surface area (Å²) in [5.41, 5.74) is 0.953. The van der Waals surface area contributed by atoms with E-state index in [1.807, 2.05) is 0 Å². The monoisotopic (exact) mass is 425 g/mol. The van der Waals surface area contributed by atoms with Crippen LogP contribution in [0.4, 0.5) is 11.4 Å². The summed E-state index contributed by atoms with van der Waals surface area (Å²) in [5.74, 6) is -0.448. The third-order valence-electron chi connectivity index (χ3n) is 3.88. The Bertz CT molecular complexity index is 1040. The fourth-order valence-corrected chi connectivity index (χ4v) is 4.58. The van der Waals surface area contributed by atoms with E-state index < -0.39 is 26.0 Å². The molecular weight excluding hydrogens is 402 g/mol. The van der Waals surface area contributed by atoms with Gasteiger partial charge in [-0.1, -0.05) is 19.9 Å². The minimum atomic E-state index is -3.57.